The summed E-state index contributed by atoms with van der Waals surface area (Å²) in [5.41, 5.74) is -4.33. The lowest BCUT2D eigenvalue weighted by atomic mass is 10.1. The molecule has 9 nitrogen and oxygen atoms in total. The number of amides is 1. The van der Waals surface area contributed by atoms with Crippen LogP contribution in [0, 0.1) is 10.1 Å². The van der Waals surface area contributed by atoms with E-state index in [2.05, 4.69) is 10.6 Å². The largest absolute Gasteiger partial charge is 0.479 e. The molecule has 1 aromatic rings. The van der Waals surface area contributed by atoms with E-state index in [0.29, 0.717) is 12.1 Å². The molecule has 1 amide bonds. The van der Waals surface area contributed by atoms with Crippen molar-refractivity contribution in [3.8, 4) is 0 Å². The van der Waals surface area contributed by atoms with Gasteiger partial charge in [-0.3, -0.25) is 14.9 Å². The number of aliphatic carboxylic acids is 1. The zero-order valence-corrected chi connectivity index (χ0v) is 13.5. The second-order valence-corrected chi connectivity index (χ2v) is 5.52. The molecule has 12 heteroatoms. The van der Waals surface area contributed by atoms with Crippen LogP contribution in [0.3, 0.4) is 0 Å². The number of carbonyl (C=O) groups is 2. The summed E-state index contributed by atoms with van der Waals surface area (Å²) in [6.45, 7) is 0.272. The van der Waals surface area contributed by atoms with E-state index in [0.717, 1.165) is 13.0 Å². The Morgan fingerprint density at radius 2 is 1.92 bits per heavy atom. The van der Waals surface area contributed by atoms with Crippen LogP contribution in [-0.4, -0.2) is 45.7 Å². The van der Waals surface area contributed by atoms with Crippen LogP contribution in [0.4, 0.5) is 24.5 Å². The normalized spacial score (nSPS) is 13.6. The smallest absolute Gasteiger partial charge is 0.416 e. The molecule has 0 aliphatic heterocycles. The third-order valence-corrected chi connectivity index (χ3v) is 3.28. The Hall–Kier alpha value is -2.89. The van der Waals surface area contributed by atoms with Gasteiger partial charge in [-0.05, 0) is 19.1 Å². The van der Waals surface area contributed by atoms with E-state index in [1.807, 2.05) is 0 Å². The number of nitrogens with zero attached hydrogens (tertiary/aromatic N) is 1. The average Bonchev–Trinajstić information content (AvgIpc) is 2.52. The third-order valence-electron chi connectivity index (χ3n) is 3.28. The summed E-state index contributed by atoms with van der Waals surface area (Å²) in [4.78, 5) is 32.2. The van der Waals surface area contributed by atoms with Gasteiger partial charge < -0.3 is 20.8 Å². The van der Waals surface area contributed by atoms with E-state index in [-0.39, 0.29) is 18.7 Å². The number of aliphatic hydroxyl groups is 1. The van der Waals surface area contributed by atoms with E-state index in [1.54, 1.807) is 0 Å². The summed E-state index contributed by atoms with van der Waals surface area (Å²) in [5, 5.41) is 33.7. The van der Waals surface area contributed by atoms with Crippen LogP contribution in [0.15, 0.2) is 18.2 Å². The first-order chi connectivity index (χ1) is 11.8. The molecule has 1 unspecified atom stereocenters. The van der Waals surface area contributed by atoms with Crippen molar-refractivity contribution in [1.82, 2.24) is 5.32 Å². The van der Waals surface area contributed by atoms with Crippen LogP contribution in [0.1, 0.15) is 18.9 Å². The molecule has 26 heavy (non-hydrogen) atoms. The molecule has 144 valence electrons. The number of hydrogen-bond donors (Lipinski definition) is 4. The second-order valence-electron chi connectivity index (χ2n) is 5.52. The van der Waals surface area contributed by atoms with Gasteiger partial charge in [0.15, 0.2) is 5.60 Å². The van der Waals surface area contributed by atoms with Gasteiger partial charge in [0.2, 0.25) is 5.91 Å². The van der Waals surface area contributed by atoms with E-state index < -0.39 is 46.4 Å². The lowest BCUT2D eigenvalue weighted by Gasteiger charge is -2.18. The lowest BCUT2D eigenvalue weighted by Crippen LogP contribution is -2.46. The average molecular weight is 379 g/mol. The highest BCUT2D eigenvalue weighted by atomic mass is 19.4. The Morgan fingerprint density at radius 1 is 1.31 bits per heavy atom. The number of nitro groups is 1. The molecule has 4 N–H and O–H groups in total. The Morgan fingerprint density at radius 3 is 2.42 bits per heavy atom. The van der Waals surface area contributed by atoms with Gasteiger partial charge in [0, 0.05) is 19.0 Å². The fourth-order valence-corrected chi connectivity index (χ4v) is 1.75. The molecule has 1 rings (SSSR count). The molecule has 0 heterocycles. The Labute approximate surface area is 145 Å². The lowest BCUT2D eigenvalue weighted by molar-refractivity contribution is -0.384. The number of halogens is 3. The maximum Gasteiger partial charge on any atom is 0.416 e. The quantitative estimate of drug-likeness (QED) is 0.395. The molecular weight excluding hydrogens is 363 g/mol. The van der Waals surface area contributed by atoms with Crippen molar-refractivity contribution < 1.29 is 37.9 Å². The van der Waals surface area contributed by atoms with E-state index in [1.165, 1.54) is 0 Å². The predicted octanol–water partition coefficient (Wildman–Crippen LogP) is 1.37. The van der Waals surface area contributed by atoms with Gasteiger partial charge >= 0.3 is 12.1 Å². The molecule has 0 fully saturated rings. The van der Waals surface area contributed by atoms with Gasteiger partial charge in [-0.2, -0.15) is 13.2 Å². The van der Waals surface area contributed by atoms with Crippen molar-refractivity contribution in [1.29, 1.82) is 0 Å². The molecule has 0 radical (unpaired) electrons. The van der Waals surface area contributed by atoms with Gasteiger partial charge in [0.05, 0.1) is 17.0 Å². The number of anilines is 1. The zero-order valence-electron chi connectivity index (χ0n) is 13.5. The monoisotopic (exact) mass is 379 g/mol. The predicted molar refractivity (Wildman–Crippen MR) is 82.5 cm³/mol. The minimum Gasteiger partial charge on any atom is -0.479 e. The van der Waals surface area contributed by atoms with Crippen LogP contribution in [0.5, 0.6) is 0 Å². The van der Waals surface area contributed by atoms with Crippen LogP contribution in [0.2, 0.25) is 0 Å². The number of rotatable bonds is 8. The molecule has 0 spiro atoms. The fraction of sp³-hybridized carbons (Fsp3) is 0.429. The molecule has 0 saturated carbocycles. The summed E-state index contributed by atoms with van der Waals surface area (Å²) in [5.74, 6) is -2.19. The van der Waals surface area contributed by atoms with E-state index >= 15 is 0 Å². The number of hydrogen-bond acceptors (Lipinski definition) is 6. The van der Waals surface area contributed by atoms with Gasteiger partial charge in [-0.25, -0.2) is 4.79 Å². The number of carbonyl (C=O) groups excluding carboxylic acids is 1. The van der Waals surface area contributed by atoms with Crippen LogP contribution < -0.4 is 10.6 Å². The highest BCUT2D eigenvalue weighted by Gasteiger charge is 2.33. The van der Waals surface area contributed by atoms with Crippen LogP contribution >= 0.6 is 0 Å². The summed E-state index contributed by atoms with van der Waals surface area (Å²) in [6.07, 6.45) is -4.99. The highest BCUT2D eigenvalue weighted by Crippen LogP contribution is 2.34. The number of carboxylic acids is 1. The number of alkyl halides is 3. The highest BCUT2D eigenvalue weighted by molar-refractivity contribution is 5.80. The molecule has 0 aromatic heterocycles. The van der Waals surface area contributed by atoms with Crippen molar-refractivity contribution in [2.45, 2.75) is 25.1 Å². The Kier molecular flexibility index (Phi) is 6.50. The first kappa shape index (κ1) is 21.2. The van der Waals surface area contributed by atoms with Gasteiger partial charge in [-0.15, -0.1) is 0 Å². The minimum absolute atomic E-state index is 0.159. The van der Waals surface area contributed by atoms with Crippen molar-refractivity contribution in [3.05, 3.63) is 33.9 Å². The summed E-state index contributed by atoms with van der Waals surface area (Å²) < 4.78 is 37.8. The Balaban J connectivity index is 2.66. The van der Waals surface area contributed by atoms with Crippen LogP contribution in [-0.2, 0) is 15.8 Å². The molecule has 0 aliphatic carbocycles. The van der Waals surface area contributed by atoms with Crippen molar-refractivity contribution in [2.24, 2.45) is 0 Å². The van der Waals surface area contributed by atoms with Crippen molar-refractivity contribution >= 4 is 23.3 Å². The number of nitrogens with one attached hydrogen (secondary N) is 2. The summed E-state index contributed by atoms with van der Waals surface area (Å²) in [7, 11) is 0. The maximum absolute atomic E-state index is 12.6. The van der Waals surface area contributed by atoms with Crippen molar-refractivity contribution in [2.75, 3.05) is 18.4 Å². The minimum atomic E-state index is -4.73. The SMILES string of the molecule is CC(O)(CNC(=O)CCNc1ccc(C(F)(F)F)cc1[N+](=O)[O-])C(=O)O. The Bertz CT molecular complexity index is 706. The van der Waals surface area contributed by atoms with E-state index in [4.69, 9.17) is 5.11 Å². The van der Waals surface area contributed by atoms with Gasteiger partial charge in [-0.1, -0.05) is 0 Å². The molecule has 0 bridgehead atoms. The molecular formula is C14H16F3N3O6. The van der Waals surface area contributed by atoms with Gasteiger partial charge in [0.1, 0.15) is 5.69 Å². The first-order valence-corrected chi connectivity index (χ1v) is 7.16. The van der Waals surface area contributed by atoms with Crippen molar-refractivity contribution in [3.63, 3.8) is 0 Å². The fourth-order valence-electron chi connectivity index (χ4n) is 1.75. The first-order valence-electron chi connectivity index (χ1n) is 7.16. The standard InChI is InChI=1S/C14H16F3N3O6/c1-13(24,12(22)23)7-19-11(21)4-5-18-9-3-2-8(14(15,16)17)6-10(9)20(25)26/h2-3,6,18,24H,4-5,7H2,1H3,(H,19,21)(H,22,23). The van der Waals surface area contributed by atoms with Gasteiger partial charge in [0.25, 0.3) is 5.69 Å². The molecule has 0 aliphatic rings. The molecule has 1 atom stereocenters. The number of benzene rings is 1. The summed E-state index contributed by atoms with van der Waals surface area (Å²) in [6, 6.07) is 1.93. The summed E-state index contributed by atoms with van der Waals surface area (Å²) >= 11 is 0. The topological polar surface area (TPSA) is 142 Å². The maximum atomic E-state index is 12.6. The molecule has 0 saturated heterocycles. The zero-order chi connectivity index (χ0) is 20.1. The number of carboxylic acid groups (broad SMARTS) is 1. The third kappa shape index (κ3) is 5.88. The second kappa shape index (κ2) is 7.99. The number of nitro benzene ring substituents is 1. The van der Waals surface area contributed by atoms with E-state index in [9.17, 15) is 38.0 Å². The van der Waals surface area contributed by atoms with Crippen LogP contribution in [0.25, 0.3) is 0 Å². The molecule has 1 aromatic carbocycles.